The lowest BCUT2D eigenvalue weighted by molar-refractivity contribution is -0.660. The third-order valence-electron chi connectivity index (χ3n) is 7.47. The molecule has 0 amide bonds. The maximum atomic E-state index is 15.4. The molecule has 0 fully saturated rings. The maximum Gasteiger partial charge on any atom is 0.216 e. The summed E-state index contributed by atoms with van der Waals surface area (Å²) in [4.78, 5) is 0. The first-order valence-electron chi connectivity index (χ1n) is 12.6. The molecule has 0 spiro atoms. The molecule has 0 aliphatic carbocycles. The standard InChI is InChI=1S/C34H29FNO/c1-20-17-18-36(5)29(19-20)31-23(4)9-14-26-27-15-16-28(35)32(34(27)37-33(26)31)25-12-10-24(11-13-25)30-21(2)7-6-8-22(30)3/h6-19H,1-5H3/q+1. The van der Waals surface area contributed by atoms with Gasteiger partial charge in [-0.05, 0) is 78.8 Å². The first-order chi connectivity index (χ1) is 17.8. The van der Waals surface area contributed by atoms with Gasteiger partial charge < -0.3 is 4.42 Å². The Morgan fingerprint density at radius 2 is 1.19 bits per heavy atom. The van der Waals surface area contributed by atoms with Crippen molar-refractivity contribution in [2.75, 3.05) is 0 Å². The van der Waals surface area contributed by atoms with Crippen molar-refractivity contribution in [2.45, 2.75) is 27.7 Å². The van der Waals surface area contributed by atoms with Crippen LogP contribution in [-0.4, -0.2) is 0 Å². The lowest BCUT2D eigenvalue weighted by atomic mass is 9.93. The summed E-state index contributed by atoms with van der Waals surface area (Å²) in [5.41, 5.74) is 11.9. The Morgan fingerprint density at radius 3 is 1.86 bits per heavy atom. The second-order valence-corrected chi connectivity index (χ2v) is 10.1. The van der Waals surface area contributed by atoms with E-state index >= 15 is 4.39 Å². The molecule has 2 aromatic heterocycles. The van der Waals surface area contributed by atoms with Crippen LogP contribution in [0.25, 0.3) is 55.4 Å². The van der Waals surface area contributed by atoms with Crippen LogP contribution >= 0.6 is 0 Å². The van der Waals surface area contributed by atoms with Gasteiger partial charge in [-0.15, -0.1) is 0 Å². The molecular weight excluding hydrogens is 457 g/mol. The zero-order chi connectivity index (χ0) is 25.8. The highest BCUT2D eigenvalue weighted by Crippen LogP contribution is 2.42. The van der Waals surface area contributed by atoms with E-state index in [1.54, 1.807) is 6.07 Å². The van der Waals surface area contributed by atoms with E-state index in [0.29, 0.717) is 11.1 Å². The number of hydrogen-bond donors (Lipinski definition) is 0. The molecule has 0 radical (unpaired) electrons. The Hall–Kier alpha value is -4.24. The van der Waals surface area contributed by atoms with Crippen molar-refractivity contribution in [1.82, 2.24) is 0 Å². The number of halogens is 1. The fourth-order valence-electron chi connectivity index (χ4n) is 5.56. The zero-order valence-corrected chi connectivity index (χ0v) is 21.8. The first kappa shape index (κ1) is 23.2. The molecule has 0 atom stereocenters. The number of rotatable bonds is 3. The van der Waals surface area contributed by atoms with E-state index < -0.39 is 0 Å². The van der Waals surface area contributed by atoms with Gasteiger partial charge in [-0.25, -0.2) is 8.96 Å². The fraction of sp³-hybridized carbons (Fsp3) is 0.147. The molecule has 37 heavy (non-hydrogen) atoms. The molecule has 2 nitrogen and oxygen atoms in total. The average Bonchev–Trinajstić information content (AvgIpc) is 3.24. The van der Waals surface area contributed by atoms with Crippen LogP contribution in [0.15, 0.2) is 89.5 Å². The number of furan rings is 1. The SMILES string of the molecule is Cc1cc[n+](C)c(-c2c(C)ccc3c2oc2c(-c4ccc(-c5c(C)cccc5C)cc4)c(F)ccc23)c1. The van der Waals surface area contributed by atoms with E-state index in [-0.39, 0.29) is 5.82 Å². The highest BCUT2D eigenvalue weighted by Gasteiger charge is 2.23. The number of pyridine rings is 1. The Bertz CT molecular complexity index is 1810. The summed E-state index contributed by atoms with van der Waals surface area (Å²) in [5, 5.41) is 1.91. The molecule has 0 N–H and O–H groups in total. The van der Waals surface area contributed by atoms with E-state index in [0.717, 1.165) is 44.3 Å². The van der Waals surface area contributed by atoms with E-state index in [1.807, 2.05) is 25.2 Å². The quantitative estimate of drug-likeness (QED) is 0.228. The number of aryl methyl sites for hydroxylation is 5. The van der Waals surface area contributed by atoms with Crippen LogP contribution in [0.3, 0.4) is 0 Å². The van der Waals surface area contributed by atoms with Crippen molar-refractivity contribution in [1.29, 1.82) is 0 Å². The van der Waals surface area contributed by atoms with Crippen LogP contribution in [0.2, 0.25) is 0 Å². The molecule has 6 aromatic rings. The lowest BCUT2D eigenvalue weighted by Gasteiger charge is -2.11. The summed E-state index contributed by atoms with van der Waals surface area (Å²) in [7, 11) is 2.04. The van der Waals surface area contributed by atoms with Gasteiger partial charge in [0.05, 0.1) is 11.1 Å². The van der Waals surface area contributed by atoms with E-state index in [4.69, 9.17) is 4.42 Å². The fourth-order valence-corrected chi connectivity index (χ4v) is 5.56. The van der Waals surface area contributed by atoms with Crippen molar-refractivity contribution in [3.8, 4) is 33.5 Å². The van der Waals surface area contributed by atoms with Gasteiger partial charge in [-0.1, -0.05) is 54.6 Å². The Kier molecular flexibility index (Phi) is 5.45. The number of aromatic nitrogens is 1. The van der Waals surface area contributed by atoms with Crippen LogP contribution < -0.4 is 4.57 Å². The van der Waals surface area contributed by atoms with Crippen LogP contribution in [0.4, 0.5) is 4.39 Å². The third kappa shape index (κ3) is 3.74. The third-order valence-corrected chi connectivity index (χ3v) is 7.47. The Labute approximate surface area is 216 Å². The van der Waals surface area contributed by atoms with Gasteiger partial charge in [-0.3, -0.25) is 0 Å². The van der Waals surface area contributed by atoms with Crippen molar-refractivity contribution in [2.24, 2.45) is 7.05 Å². The minimum Gasteiger partial charge on any atom is -0.454 e. The van der Waals surface area contributed by atoms with Crippen LogP contribution in [0.1, 0.15) is 22.3 Å². The lowest BCUT2D eigenvalue weighted by Crippen LogP contribution is -2.30. The molecule has 0 aliphatic heterocycles. The minimum absolute atomic E-state index is 0.286. The second kappa shape index (κ2) is 8.70. The molecule has 2 heterocycles. The highest BCUT2D eigenvalue weighted by molar-refractivity contribution is 6.13. The molecule has 6 rings (SSSR count). The summed E-state index contributed by atoms with van der Waals surface area (Å²) in [5.74, 6) is -0.286. The molecule has 0 saturated carbocycles. The first-order valence-corrected chi connectivity index (χ1v) is 12.6. The average molecular weight is 487 g/mol. The van der Waals surface area contributed by atoms with Crippen LogP contribution in [0.5, 0.6) is 0 Å². The van der Waals surface area contributed by atoms with Crippen molar-refractivity contribution in [3.63, 3.8) is 0 Å². The van der Waals surface area contributed by atoms with Crippen molar-refractivity contribution < 1.29 is 13.4 Å². The summed E-state index contributed by atoms with van der Waals surface area (Å²) in [6.07, 6.45) is 2.06. The van der Waals surface area contributed by atoms with Crippen LogP contribution in [-0.2, 0) is 7.05 Å². The van der Waals surface area contributed by atoms with Crippen molar-refractivity contribution >= 4 is 21.9 Å². The minimum atomic E-state index is -0.286. The number of fused-ring (bicyclic) bond motifs is 3. The zero-order valence-electron chi connectivity index (χ0n) is 21.8. The maximum absolute atomic E-state index is 15.4. The molecule has 3 heteroatoms. The summed E-state index contributed by atoms with van der Waals surface area (Å²) in [6, 6.07) is 26.3. The number of benzene rings is 4. The molecule has 0 unspecified atom stereocenters. The monoisotopic (exact) mass is 486 g/mol. The summed E-state index contributed by atoms with van der Waals surface area (Å²) in [6.45, 7) is 8.43. The highest BCUT2D eigenvalue weighted by atomic mass is 19.1. The van der Waals surface area contributed by atoms with Crippen LogP contribution in [0, 0.1) is 33.5 Å². The van der Waals surface area contributed by atoms with Gasteiger partial charge in [0.15, 0.2) is 6.20 Å². The van der Waals surface area contributed by atoms with Gasteiger partial charge in [0.25, 0.3) is 0 Å². The topological polar surface area (TPSA) is 17.0 Å². The van der Waals surface area contributed by atoms with Crippen molar-refractivity contribution in [3.05, 3.63) is 113 Å². The molecule has 0 saturated heterocycles. The normalized spacial score (nSPS) is 11.5. The number of nitrogens with zero attached hydrogens (tertiary/aromatic N) is 1. The molecule has 0 aliphatic rings. The second-order valence-electron chi connectivity index (χ2n) is 10.1. The number of hydrogen-bond acceptors (Lipinski definition) is 1. The van der Waals surface area contributed by atoms with E-state index in [2.05, 4.69) is 93.1 Å². The molecule has 182 valence electrons. The molecular formula is C34H29FNO+. The largest absolute Gasteiger partial charge is 0.454 e. The predicted molar refractivity (Wildman–Crippen MR) is 150 cm³/mol. The Balaban J connectivity index is 1.58. The van der Waals surface area contributed by atoms with Gasteiger partial charge in [0, 0.05) is 22.9 Å². The summed E-state index contributed by atoms with van der Waals surface area (Å²) >= 11 is 0. The van der Waals surface area contributed by atoms with E-state index in [9.17, 15) is 0 Å². The van der Waals surface area contributed by atoms with Gasteiger partial charge in [0.1, 0.15) is 24.0 Å². The predicted octanol–water partition coefficient (Wildman–Crippen LogP) is 8.78. The molecule has 4 aromatic carbocycles. The van der Waals surface area contributed by atoms with Gasteiger partial charge >= 0.3 is 0 Å². The smallest absolute Gasteiger partial charge is 0.216 e. The molecule has 0 bridgehead atoms. The Morgan fingerprint density at radius 1 is 0.622 bits per heavy atom. The van der Waals surface area contributed by atoms with Gasteiger partial charge in [-0.2, -0.15) is 0 Å². The van der Waals surface area contributed by atoms with Gasteiger partial charge in [0.2, 0.25) is 5.69 Å². The summed E-state index contributed by atoms with van der Waals surface area (Å²) < 4.78 is 24.1. The van der Waals surface area contributed by atoms with E-state index in [1.165, 1.54) is 22.3 Å².